The second kappa shape index (κ2) is 7.26. The number of anilines is 2. The van der Waals surface area contributed by atoms with Crippen molar-refractivity contribution in [1.82, 2.24) is 0 Å². The van der Waals surface area contributed by atoms with E-state index in [2.05, 4.69) is 10.6 Å². The number of hydrogen-bond donors (Lipinski definition) is 3. The summed E-state index contributed by atoms with van der Waals surface area (Å²) in [6, 6.07) is 5.13. The summed E-state index contributed by atoms with van der Waals surface area (Å²) in [5.41, 5.74) is 0.910. The summed E-state index contributed by atoms with van der Waals surface area (Å²) in [6.07, 6.45) is 0.534. The number of nitro benzene ring substituents is 1. The number of hydrogen-bond acceptors (Lipinski definition) is 5. The van der Waals surface area contributed by atoms with Gasteiger partial charge in [0.2, 0.25) is 0 Å². The lowest BCUT2D eigenvalue weighted by molar-refractivity contribution is -0.383. The zero-order valence-corrected chi connectivity index (χ0v) is 13.1. The average Bonchev–Trinajstić information content (AvgIpc) is 2.37. The molecule has 0 bridgehead atoms. The lowest BCUT2D eigenvalue weighted by atomic mass is 9.84. The van der Waals surface area contributed by atoms with Gasteiger partial charge in [-0.3, -0.25) is 10.1 Å². The molecule has 0 aliphatic heterocycles. The molecule has 0 fully saturated rings. The van der Waals surface area contributed by atoms with Crippen LogP contribution in [-0.2, 0) is 0 Å². The third kappa shape index (κ3) is 4.60. The quantitative estimate of drug-likeness (QED) is 0.531. The first-order valence-corrected chi connectivity index (χ1v) is 7.20. The van der Waals surface area contributed by atoms with Gasteiger partial charge in [0.05, 0.1) is 4.92 Å². The predicted octanol–water partition coefficient (Wildman–Crippen LogP) is 3.24. The highest BCUT2D eigenvalue weighted by Gasteiger charge is 2.27. The molecule has 3 N–H and O–H groups in total. The summed E-state index contributed by atoms with van der Waals surface area (Å²) in [7, 11) is 0. The monoisotopic (exact) mass is 295 g/mol. The maximum absolute atomic E-state index is 11.4. The number of rotatable bonds is 7. The van der Waals surface area contributed by atoms with Crippen LogP contribution in [0.4, 0.5) is 17.1 Å². The van der Waals surface area contributed by atoms with Crippen molar-refractivity contribution >= 4 is 17.1 Å². The van der Waals surface area contributed by atoms with E-state index >= 15 is 0 Å². The molecule has 6 nitrogen and oxygen atoms in total. The molecule has 118 valence electrons. The van der Waals surface area contributed by atoms with Crippen LogP contribution >= 0.6 is 0 Å². The first-order chi connectivity index (χ1) is 9.81. The van der Waals surface area contributed by atoms with Crippen molar-refractivity contribution in [2.75, 3.05) is 23.8 Å². The summed E-state index contributed by atoms with van der Waals surface area (Å²) in [5, 5.41) is 26.8. The van der Waals surface area contributed by atoms with E-state index in [4.69, 9.17) is 0 Å². The summed E-state index contributed by atoms with van der Waals surface area (Å²) < 4.78 is 0. The van der Waals surface area contributed by atoms with Gasteiger partial charge in [0.15, 0.2) is 0 Å². The minimum absolute atomic E-state index is 0.0373. The number of nitrogens with one attached hydrogen (secondary N) is 2. The standard InChI is InChI=1S/C15H25N3O3/c1-5-16-11-7-6-8-12(14(11)18(20)21)17-13(9-10-19)15(2,3)4/h6-8,13,16-17,19H,5,9-10H2,1-4H3. The third-order valence-electron chi connectivity index (χ3n) is 3.38. The zero-order valence-electron chi connectivity index (χ0n) is 13.1. The van der Waals surface area contributed by atoms with Crippen molar-refractivity contribution in [2.45, 2.75) is 40.2 Å². The number of nitro groups is 1. The highest BCUT2D eigenvalue weighted by molar-refractivity contribution is 5.76. The fraction of sp³-hybridized carbons (Fsp3) is 0.600. The molecule has 0 saturated carbocycles. The second-order valence-electron chi connectivity index (χ2n) is 6.06. The Morgan fingerprint density at radius 1 is 1.33 bits per heavy atom. The number of benzene rings is 1. The molecule has 0 saturated heterocycles. The van der Waals surface area contributed by atoms with Crippen LogP contribution in [0.15, 0.2) is 18.2 Å². The summed E-state index contributed by atoms with van der Waals surface area (Å²) in [4.78, 5) is 11.0. The van der Waals surface area contributed by atoms with Gasteiger partial charge < -0.3 is 15.7 Å². The lowest BCUT2D eigenvalue weighted by Crippen LogP contribution is -2.35. The Labute approximate surface area is 125 Å². The predicted molar refractivity (Wildman–Crippen MR) is 85.8 cm³/mol. The van der Waals surface area contributed by atoms with E-state index in [0.717, 1.165) is 0 Å². The Balaban J connectivity index is 3.16. The second-order valence-corrected chi connectivity index (χ2v) is 6.06. The van der Waals surface area contributed by atoms with E-state index < -0.39 is 0 Å². The van der Waals surface area contributed by atoms with Gasteiger partial charge in [-0.15, -0.1) is 0 Å². The van der Waals surface area contributed by atoms with Crippen LogP contribution in [0, 0.1) is 15.5 Å². The van der Waals surface area contributed by atoms with Crippen LogP contribution in [0.3, 0.4) is 0 Å². The Morgan fingerprint density at radius 2 is 1.95 bits per heavy atom. The molecular weight excluding hydrogens is 270 g/mol. The molecular formula is C15H25N3O3. The molecule has 0 spiro atoms. The highest BCUT2D eigenvalue weighted by Crippen LogP contribution is 2.35. The first kappa shape index (κ1) is 17.2. The topological polar surface area (TPSA) is 87.4 Å². The fourth-order valence-electron chi connectivity index (χ4n) is 2.23. The number of aliphatic hydroxyl groups is 1. The van der Waals surface area contributed by atoms with Gasteiger partial charge >= 0.3 is 5.69 Å². The van der Waals surface area contributed by atoms with Gasteiger partial charge in [0.1, 0.15) is 11.4 Å². The van der Waals surface area contributed by atoms with E-state index in [1.165, 1.54) is 0 Å². The molecule has 1 rings (SSSR count). The Bertz CT molecular complexity index is 484. The fourth-order valence-corrected chi connectivity index (χ4v) is 2.23. The van der Waals surface area contributed by atoms with Crippen LogP contribution in [0.2, 0.25) is 0 Å². The number of aliphatic hydroxyl groups excluding tert-OH is 1. The van der Waals surface area contributed by atoms with E-state index in [9.17, 15) is 15.2 Å². The van der Waals surface area contributed by atoms with Gasteiger partial charge in [-0.25, -0.2) is 0 Å². The largest absolute Gasteiger partial charge is 0.396 e. The molecule has 1 aromatic rings. The minimum atomic E-state index is -0.376. The van der Waals surface area contributed by atoms with Crippen LogP contribution in [-0.4, -0.2) is 29.2 Å². The molecule has 0 aromatic heterocycles. The zero-order chi connectivity index (χ0) is 16.0. The van der Waals surface area contributed by atoms with Crippen molar-refractivity contribution in [1.29, 1.82) is 0 Å². The summed E-state index contributed by atoms with van der Waals surface area (Å²) >= 11 is 0. The van der Waals surface area contributed by atoms with Gasteiger partial charge in [0, 0.05) is 19.2 Å². The SMILES string of the molecule is CCNc1cccc(NC(CCO)C(C)(C)C)c1[N+](=O)[O-]. The molecule has 1 atom stereocenters. The molecule has 21 heavy (non-hydrogen) atoms. The van der Waals surface area contributed by atoms with E-state index in [-0.39, 0.29) is 28.7 Å². The Hall–Kier alpha value is -1.82. The van der Waals surface area contributed by atoms with Gasteiger partial charge in [0.25, 0.3) is 0 Å². The molecule has 6 heteroatoms. The Kier molecular flexibility index (Phi) is 5.96. The van der Waals surface area contributed by atoms with E-state index in [0.29, 0.717) is 24.3 Å². The molecule has 1 unspecified atom stereocenters. The van der Waals surface area contributed by atoms with Crippen LogP contribution in [0.5, 0.6) is 0 Å². The van der Waals surface area contributed by atoms with Crippen LogP contribution in [0.1, 0.15) is 34.1 Å². The van der Waals surface area contributed by atoms with Gasteiger partial charge in [-0.2, -0.15) is 0 Å². The first-order valence-electron chi connectivity index (χ1n) is 7.20. The normalized spacial score (nSPS) is 12.8. The number of nitrogens with zero attached hydrogens (tertiary/aromatic N) is 1. The maximum Gasteiger partial charge on any atom is 0.315 e. The lowest BCUT2D eigenvalue weighted by Gasteiger charge is -2.32. The van der Waals surface area contributed by atoms with Crippen LogP contribution in [0.25, 0.3) is 0 Å². The van der Waals surface area contributed by atoms with E-state index in [1.54, 1.807) is 18.2 Å². The third-order valence-corrected chi connectivity index (χ3v) is 3.38. The molecule has 0 aliphatic rings. The van der Waals surface area contributed by atoms with Gasteiger partial charge in [-0.1, -0.05) is 26.8 Å². The summed E-state index contributed by atoms with van der Waals surface area (Å²) in [6.45, 7) is 8.67. The van der Waals surface area contributed by atoms with Crippen LogP contribution < -0.4 is 10.6 Å². The van der Waals surface area contributed by atoms with Crippen molar-refractivity contribution in [3.8, 4) is 0 Å². The minimum Gasteiger partial charge on any atom is -0.396 e. The van der Waals surface area contributed by atoms with Crippen molar-refractivity contribution in [3.05, 3.63) is 28.3 Å². The van der Waals surface area contributed by atoms with Crippen molar-refractivity contribution in [3.63, 3.8) is 0 Å². The smallest absolute Gasteiger partial charge is 0.315 e. The molecule has 0 aliphatic carbocycles. The van der Waals surface area contributed by atoms with Crippen molar-refractivity contribution in [2.24, 2.45) is 5.41 Å². The number of para-hydroxylation sites is 1. The molecule has 0 amide bonds. The van der Waals surface area contributed by atoms with E-state index in [1.807, 2.05) is 27.7 Å². The average molecular weight is 295 g/mol. The molecule has 0 heterocycles. The molecule has 0 radical (unpaired) electrons. The van der Waals surface area contributed by atoms with Gasteiger partial charge in [-0.05, 0) is 30.9 Å². The molecule has 1 aromatic carbocycles. The maximum atomic E-state index is 11.4. The van der Waals surface area contributed by atoms with Crippen molar-refractivity contribution < 1.29 is 10.0 Å². The highest BCUT2D eigenvalue weighted by atomic mass is 16.6. The summed E-state index contributed by atoms with van der Waals surface area (Å²) in [5.74, 6) is 0. The Morgan fingerprint density at radius 3 is 2.43 bits per heavy atom.